The second kappa shape index (κ2) is 5.60. The van der Waals surface area contributed by atoms with E-state index in [0.717, 1.165) is 25.9 Å². The van der Waals surface area contributed by atoms with Crippen LogP contribution < -0.4 is 5.32 Å². The molecule has 11 heavy (non-hydrogen) atoms. The lowest BCUT2D eigenvalue weighted by atomic mass is 10.1. The van der Waals surface area contributed by atoms with Crippen molar-refractivity contribution in [2.45, 2.75) is 12.8 Å². The first-order valence-electron chi connectivity index (χ1n) is 3.18. The molecule has 1 fully saturated rings. The second-order valence-electron chi connectivity index (χ2n) is 2.03. The summed E-state index contributed by atoms with van der Waals surface area (Å²) < 4.78 is 0. The Bertz CT molecular complexity index is 135. The lowest BCUT2D eigenvalue weighted by molar-refractivity contribution is -0.742. The molecule has 0 bridgehead atoms. The van der Waals surface area contributed by atoms with Crippen molar-refractivity contribution in [2.75, 3.05) is 13.1 Å². The highest BCUT2D eigenvalue weighted by atomic mass is 16.9. The fourth-order valence-corrected chi connectivity index (χ4v) is 0.706. The van der Waals surface area contributed by atoms with Gasteiger partial charge in [-0.25, -0.2) is 0 Å². The summed E-state index contributed by atoms with van der Waals surface area (Å²) in [6.45, 7) is 1.78. The smallest absolute Gasteiger partial charge is 0.291 e. The van der Waals surface area contributed by atoms with E-state index in [-0.39, 0.29) is 0 Å². The van der Waals surface area contributed by atoms with E-state index in [4.69, 9.17) is 15.3 Å². The molecule has 0 saturated carbocycles. The third-order valence-electron chi connectivity index (χ3n) is 1.16. The summed E-state index contributed by atoms with van der Waals surface area (Å²) in [4.78, 5) is 18.8. The van der Waals surface area contributed by atoms with Crippen molar-refractivity contribution in [1.29, 1.82) is 0 Å². The van der Waals surface area contributed by atoms with Crippen LogP contribution in [0.1, 0.15) is 12.8 Å². The lowest BCUT2D eigenvalue weighted by Crippen LogP contribution is -2.27. The van der Waals surface area contributed by atoms with Gasteiger partial charge in [0.2, 0.25) is 0 Å². The monoisotopic (exact) mass is 162 g/mol. The number of carbonyl (C=O) groups is 1. The first-order chi connectivity index (χ1) is 5.13. The van der Waals surface area contributed by atoms with Gasteiger partial charge in [0.05, 0.1) is 0 Å². The molecule has 0 aromatic carbocycles. The van der Waals surface area contributed by atoms with Crippen LogP contribution in [0.25, 0.3) is 0 Å². The van der Waals surface area contributed by atoms with Crippen molar-refractivity contribution in [3.63, 3.8) is 0 Å². The maximum atomic E-state index is 10.4. The average molecular weight is 162 g/mol. The van der Waals surface area contributed by atoms with Crippen molar-refractivity contribution in [3.8, 4) is 0 Å². The van der Waals surface area contributed by atoms with Crippen LogP contribution in [0.5, 0.6) is 0 Å². The number of nitrogens with one attached hydrogen (secondary N) is 1. The molecular weight excluding hydrogens is 152 g/mol. The molecule has 0 amide bonds. The Hall–Kier alpha value is -1.17. The number of hydrogen-bond donors (Lipinski definition) is 2. The van der Waals surface area contributed by atoms with Crippen molar-refractivity contribution in [2.24, 2.45) is 0 Å². The average Bonchev–Trinajstić information content (AvgIpc) is 1.87. The largest absolute Gasteiger partial charge is 0.328 e. The highest BCUT2D eigenvalue weighted by Crippen LogP contribution is 1.91. The maximum absolute atomic E-state index is 10.4. The number of carbonyl (C=O) groups excluding carboxylic acids is 1. The molecule has 6 nitrogen and oxygen atoms in total. The van der Waals surface area contributed by atoms with Crippen LogP contribution in [0.2, 0.25) is 0 Å². The van der Waals surface area contributed by atoms with E-state index < -0.39 is 5.09 Å². The molecule has 0 aliphatic carbocycles. The Morgan fingerprint density at radius 1 is 1.45 bits per heavy atom. The van der Waals surface area contributed by atoms with Crippen molar-refractivity contribution in [1.82, 2.24) is 5.32 Å². The van der Waals surface area contributed by atoms with E-state index in [9.17, 15) is 4.79 Å². The Morgan fingerprint density at radius 3 is 2.00 bits per heavy atom. The molecular formula is C5H10N2O4. The molecule has 2 N–H and O–H groups in total. The minimum absolute atomic E-state index is 0.402. The molecule has 6 heteroatoms. The van der Waals surface area contributed by atoms with Crippen LogP contribution in [-0.2, 0) is 4.79 Å². The van der Waals surface area contributed by atoms with Crippen molar-refractivity contribution < 1.29 is 15.1 Å². The third-order valence-corrected chi connectivity index (χ3v) is 1.16. The third kappa shape index (κ3) is 8.83. The summed E-state index contributed by atoms with van der Waals surface area (Å²) in [7, 11) is 0. The number of piperidine rings is 1. The standard InChI is InChI=1S/C5H9NO.HNO3/c7-5-1-3-6-4-2-5;2-1(3)4/h6H,1-4H2;(H,2,3,4). The van der Waals surface area contributed by atoms with E-state index in [0.29, 0.717) is 5.78 Å². The Kier molecular flexibility index (Phi) is 5.01. The topological polar surface area (TPSA) is 92.5 Å². The molecule has 0 aromatic heterocycles. The zero-order chi connectivity index (χ0) is 8.69. The minimum atomic E-state index is -1.50. The van der Waals surface area contributed by atoms with Gasteiger partial charge in [-0.05, 0) is 0 Å². The fraction of sp³-hybridized carbons (Fsp3) is 0.800. The van der Waals surface area contributed by atoms with Gasteiger partial charge in [-0.3, -0.25) is 4.79 Å². The molecule has 0 unspecified atom stereocenters. The van der Waals surface area contributed by atoms with E-state index >= 15 is 0 Å². The van der Waals surface area contributed by atoms with Gasteiger partial charge in [-0.1, -0.05) is 0 Å². The number of Topliss-reactive ketones (excluding diaryl/α,β-unsaturated/α-hetero) is 1. The molecule has 64 valence electrons. The van der Waals surface area contributed by atoms with Crippen LogP contribution in [0.4, 0.5) is 0 Å². The van der Waals surface area contributed by atoms with Gasteiger partial charge in [-0.15, -0.1) is 10.1 Å². The number of ketones is 1. The SMILES string of the molecule is O=C1CCNCC1.O=[N+]([O-])O. The van der Waals surface area contributed by atoms with Gasteiger partial charge in [-0.2, -0.15) is 0 Å². The van der Waals surface area contributed by atoms with Crippen LogP contribution in [-0.4, -0.2) is 29.2 Å². The molecule has 0 spiro atoms. The second-order valence-corrected chi connectivity index (χ2v) is 2.03. The van der Waals surface area contributed by atoms with Crippen LogP contribution in [0, 0.1) is 10.1 Å². The summed E-state index contributed by atoms with van der Waals surface area (Å²) in [5.41, 5.74) is 0. The van der Waals surface area contributed by atoms with Gasteiger partial charge in [0.1, 0.15) is 5.78 Å². The quantitative estimate of drug-likeness (QED) is 0.373. The molecule has 1 saturated heterocycles. The fourth-order valence-electron chi connectivity index (χ4n) is 0.706. The number of nitrogens with zero attached hydrogens (tertiary/aromatic N) is 1. The van der Waals surface area contributed by atoms with Crippen molar-refractivity contribution >= 4 is 5.78 Å². The van der Waals surface area contributed by atoms with Gasteiger partial charge in [0, 0.05) is 25.9 Å². The lowest BCUT2D eigenvalue weighted by Gasteiger charge is -2.08. The summed E-state index contributed by atoms with van der Waals surface area (Å²) in [6, 6.07) is 0. The highest BCUT2D eigenvalue weighted by molar-refractivity contribution is 5.79. The number of rotatable bonds is 0. The zero-order valence-electron chi connectivity index (χ0n) is 5.95. The molecule has 1 heterocycles. The first kappa shape index (κ1) is 9.83. The minimum Gasteiger partial charge on any atom is -0.328 e. The van der Waals surface area contributed by atoms with Gasteiger partial charge in [0.15, 0.2) is 0 Å². The van der Waals surface area contributed by atoms with Crippen LogP contribution in [0.15, 0.2) is 0 Å². The van der Waals surface area contributed by atoms with Crippen LogP contribution in [0.3, 0.4) is 0 Å². The summed E-state index contributed by atoms with van der Waals surface area (Å²) in [5, 5.41) is 16.7. The number of hydrogen-bond acceptors (Lipinski definition) is 4. The van der Waals surface area contributed by atoms with Gasteiger partial charge < -0.3 is 10.5 Å². The van der Waals surface area contributed by atoms with Gasteiger partial charge in [0.25, 0.3) is 5.09 Å². The maximum Gasteiger partial charge on any atom is 0.291 e. The zero-order valence-corrected chi connectivity index (χ0v) is 5.95. The molecule has 1 rings (SSSR count). The summed E-state index contributed by atoms with van der Waals surface area (Å²) in [5.74, 6) is 0.402. The molecule has 1 aliphatic rings. The van der Waals surface area contributed by atoms with Crippen molar-refractivity contribution in [3.05, 3.63) is 10.1 Å². The molecule has 0 radical (unpaired) electrons. The Labute approximate surface area is 63.3 Å². The molecule has 0 aromatic rings. The van der Waals surface area contributed by atoms with Gasteiger partial charge >= 0.3 is 0 Å². The van der Waals surface area contributed by atoms with E-state index in [1.807, 2.05) is 0 Å². The summed E-state index contributed by atoms with van der Waals surface area (Å²) in [6.07, 6.45) is 1.47. The predicted octanol–water partition coefficient (Wildman–Crippen LogP) is -0.409. The predicted molar refractivity (Wildman–Crippen MR) is 35.9 cm³/mol. The molecule has 1 aliphatic heterocycles. The Balaban J connectivity index is 0.000000218. The first-order valence-corrected chi connectivity index (χ1v) is 3.18. The van der Waals surface area contributed by atoms with Crippen LogP contribution >= 0.6 is 0 Å². The summed E-state index contributed by atoms with van der Waals surface area (Å²) >= 11 is 0. The highest BCUT2D eigenvalue weighted by Gasteiger charge is 2.04. The Morgan fingerprint density at radius 2 is 1.82 bits per heavy atom. The van der Waals surface area contributed by atoms with E-state index in [1.165, 1.54) is 0 Å². The van der Waals surface area contributed by atoms with E-state index in [1.54, 1.807) is 0 Å². The van der Waals surface area contributed by atoms with E-state index in [2.05, 4.69) is 5.32 Å². The normalized spacial score (nSPS) is 16.5. The molecule has 0 atom stereocenters.